The minimum Gasteiger partial charge on any atom is 0.00222 e. The smallest absolute Gasteiger partial charge is 0.00222 e. The van der Waals surface area contributed by atoms with E-state index in [4.69, 9.17) is 12.3 Å². The molecule has 0 atom stereocenters. The lowest BCUT2D eigenvalue weighted by Gasteiger charge is -1.97. The van der Waals surface area contributed by atoms with Crippen molar-refractivity contribution in [3.05, 3.63) is 0 Å². The SMILES string of the molecule is [2H]C([2H])([2H])[P+](C)(C([2H])([2H])[2H])C([2H])([2H])[2H]. The highest BCUT2D eigenvalue weighted by molar-refractivity contribution is 7.72. The first-order chi connectivity index (χ1) is 5.75. The summed E-state index contributed by atoms with van der Waals surface area (Å²) in [5.41, 5.74) is 0. The van der Waals surface area contributed by atoms with Gasteiger partial charge in [0.1, 0.15) is 0 Å². The van der Waals surface area contributed by atoms with Crippen molar-refractivity contribution in [1.82, 2.24) is 0 Å². The first-order valence-electron chi connectivity index (χ1n) is 5.62. The maximum atomic E-state index is 7.06. The first-order valence-corrected chi connectivity index (χ1v) is 3.35. The molecule has 0 amide bonds. The van der Waals surface area contributed by atoms with Gasteiger partial charge in [0.2, 0.25) is 0 Å². The molecule has 0 saturated heterocycles. The fourth-order valence-electron chi connectivity index (χ4n) is 0. The van der Waals surface area contributed by atoms with Crippen LogP contribution in [-0.4, -0.2) is 26.4 Å². The largest absolute Gasteiger partial charge is 0.0671 e. The first kappa shape index (κ1) is 0.591. The Hall–Kier alpha value is 0.430. The van der Waals surface area contributed by atoms with E-state index in [1.807, 2.05) is 0 Å². The Morgan fingerprint density at radius 3 is 1.80 bits per heavy atom. The zero-order valence-electron chi connectivity index (χ0n) is 11.9. The molecule has 0 bridgehead atoms. The molecule has 0 nitrogen and oxygen atoms in total. The minimum atomic E-state index is -4.02. The van der Waals surface area contributed by atoms with Gasteiger partial charge in [-0.25, -0.2) is 0 Å². The lowest BCUT2D eigenvalue weighted by molar-refractivity contribution is 1.95. The number of hydrogen-bond acceptors (Lipinski definition) is 0. The van der Waals surface area contributed by atoms with Crippen LogP contribution in [0.5, 0.6) is 0 Å². The molecular weight excluding hydrogens is 79.0 g/mol. The summed E-state index contributed by atoms with van der Waals surface area (Å²) in [4.78, 5) is 0. The predicted octanol–water partition coefficient (Wildman–Crippen LogP) is 1.52. The molecule has 0 aliphatic carbocycles. The molecule has 0 aliphatic rings. The summed E-state index contributed by atoms with van der Waals surface area (Å²) in [7, 11) is -4.02. The van der Waals surface area contributed by atoms with Gasteiger partial charge in [-0.2, -0.15) is 0 Å². The van der Waals surface area contributed by atoms with Gasteiger partial charge in [-0.1, -0.05) is 0 Å². The molecule has 0 rings (SSSR count). The number of rotatable bonds is 0. The van der Waals surface area contributed by atoms with Crippen molar-refractivity contribution >= 4 is 7.26 Å². The summed E-state index contributed by atoms with van der Waals surface area (Å²) in [6.45, 7) is -7.96. The van der Waals surface area contributed by atoms with Gasteiger partial charge in [0, 0.05) is 33.7 Å². The molecule has 0 fully saturated rings. The molecule has 0 aromatic heterocycles. The molecule has 0 spiro atoms. The fourth-order valence-corrected chi connectivity index (χ4v) is 0. The molecule has 0 N–H and O–H groups in total. The lowest BCUT2D eigenvalue weighted by atomic mass is 11.8. The zero-order chi connectivity index (χ0) is 12.0. The minimum absolute atomic E-state index is 0.861. The molecule has 32 valence electrons. The van der Waals surface area contributed by atoms with Gasteiger partial charge >= 0.3 is 0 Å². The van der Waals surface area contributed by atoms with Crippen LogP contribution in [0.2, 0.25) is 0 Å². The van der Waals surface area contributed by atoms with Crippen molar-refractivity contribution in [3.8, 4) is 0 Å². The second kappa shape index (κ2) is 1.26. The predicted molar refractivity (Wildman–Crippen MR) is 30.6 cm³/mol. The van der Waals surface area contributed by atoms with Crippen LogP contribution >= 0.6 is 7.26 Å². The van der Waals surface area contributed by atoms with Crippen LogP contribution in [0.15, 0.2) is 0 Å². The Labute approximate surface area is 47.6 Å². The Kier molecular flexibility index (Phi) is 0.149. The maximum Gasteiger partial charge on any atom is 0.0671 e. The Morgan fingerprint density at radius 1 is 1.40 bits per heavy atom. The highest BCUT2D eigenvalue weighted by Gasteiger charge is 2.03. The van der Waals surface area contributed by atoms with E-state index in [9.17, 15) is 0 Å². The van der Waals surface area contributed by atoms with Crippen LogP contribution in [0.3, 0.4) is 0 Å². The third-order valence-corrected chi connectivity index (χ3v) is 0. The van der Waals surface area contributed by atoms with E-state index in [0.29, 0.717) is 0 Å². The Bertz CT molecular complexity index is 170. The van der Waals surface area contributed by atoms with E-state index in [2.05, 4.69) is 0 Å². The van der Waals surface area contributed by atoms with Crippen LogP contribution in [0.1, 0.15) is 12.3 Å². The molecule has 0 aromatic rings. The van der Waals surface area contributed by atoms with Crippen LogP contribution in [0.4, 0.5) is 0 Å². The summed E-state index contributed by atoms with van der Waals surface area (Å²) in [6.07, 6.45) is 0. The monoisotopic (exact) mass is 100 g/mol. The lowest BCUT2D eigenvalue weighted by Crippen LogP contribution is -1.74. The molecule has 0 radical (unpaired) electrons. The van der Waals surface area contributed by atoms with Crippen molar-refractivity contribution in [2.24, 2.45) is 0 Å². The second-order valence-electron chi connectivity index (χ2n) is 1.01. The second-order valence-corrected chi connectivity index (χ2v) is 3.02. The molecule has 0 heterocycles. The Morgan fingerprint density at radius 2 is 1.80 bits per heavy atom. The molecular formula is C4H12P+. The van der Waals surface area contributed by atoms with Gasteiger partial charge in [-0.05, 0) is 0 Å². The molecule has 1 heteroatoms. The molecule has 0 aromatic carbocycles. The molecule has 0 aliphatic heterocycles. The van der Waals surface area contributed by atoms with Gasteiger partial charge in [0.15, 0.2) is 0 Å². The van der Waals surface area contributed by atoms with Crippen LogP contribution < -0.4 is 0 Å². The van der Waals surface area contributed by atoms with Crippen molar-refractivity contribution in [3.63, 3.8) is 0 Å². The highest BCUT2D eigenvalue weighted by Crippen LogP contribution is 2.40. The normalized spacial score (nSPS) is 46.2. The average molecular weight is 100 g/mol. The summed E-state index contributed by atoms with van der Waals surface area (Å²) in [5, 5.41) is 0. The van der Waals surface area contributed by atoms with Crippen molar-refractivity contribution in [2.75, 3.05) is 26.4 Å². The van der Waals surface area contributed by atoms with E-state index in [1.165, 1.54) is 0 Å². The zero-order valence-corrected chi connectivity index (χ0v) is 3.84. The number of hydrogen-bond donors (Lipinski definition) is 0. The maximum absolute atomic E-state index is 7.06. The quantitative estimate of drug-likeness (QED) is 0.405. The third kappa shape index (κ3) is 141. The van der Waals surface area contributed by atoms with Crippen molar-refractivity contribution < 1.29 is 12.3 Å². The van der Waals surface area contributed by atoms with Gasteiger partial charge in [0.05, 0.1) is 12.3 Å². The third-order valence-electron chi connectivity index (χ3n) is 0. The van der Waals surface area contributed by atoms with E-state index in [1.54, 1.807) is 0 Å². The highest BCUT2D eigenvalue weighted by atomic mass is 31.2. The topological polar surface area (TPSA) is 0 Å². The molecule has 0 unspecified atom stereocenters. The van der Waals surface area contributed by atoms with Gasteiger partial charge in [-0.3, -0.25) is 0 Å². The van der Waals surface area contributed by atoms with E-state index >= 15 is 0 Å². The van der Waals surface area contributed by atoms with Crippen molar-refractivity contribution in [2.45, 2.75) is 0 Å². The van der Waals surface area contributed by atoms with Gasteiger partial charge < -0.3 is 0 Å². The Balaban J connectivity index is 5.54. The van der Waals surface area contributed by atoms with Gasteiger partial charge in [0.25, 0.3) is 0 Å². The van der Waals surface area contributed by atoms with Gasteiger partial charge in [-0.15, -0.1) is 0 Å². The molecule has 5 heavy (non-hydrogen) atoms. The summed E-state index contributed by atoms with van der Waals surface area (Å²) in [5.74, 6) is 0. The van der Waals surface area contributed by atoms with Crippen LogP contribution in [0, 0.1) is 0 Å². The standard InChI is InChI=1S/C4H12P/c1-5(2,3)4/h1-4H3/q+1/i1D3,2D3,3D3. The molecule has 0 saturated carbocycles. The van der Waals surface area contributed by atoms with E-state index < -0.39 is 27.0 Å². The average Bonchev–Trinajstić information content (AvgIpc) is 1.77. The fraction of sp³-hybridized carbons (Fsp3) is 1.00. The summed E-state index contributed by atoms with van der Waals surface area (Å²) >= 11 is 0. The summed E-state index contributed by atoms with van der Waals surface area (Å²) in [6, 6.07) is 0. The van der Waals surface area contributed by atoms with Crippen LogP contribution in [-0.2, 0) is 0 Å². The van der Waals surface area contributed by atoms with E-state index in [-0.39, 0.29) is 0 Å². The van der Waals surface area contributed by atoms with Crippen molar-refractivity contribution in [1.29, 1.82) is 0 Å². The summed E-state index contributed by atoms with van der Waals surface area (Å²) < 4.78 is 63.5. The van der Waals surface area contributed by atoms with Crippen LogP contribution in [0.25, 0.3) is 0 Å². The van der Waals surface area contributed by atoms with E-state index in [0.717, 1.165) is 6.66 Å².